The van der Waals surface area contributed by atoms with Crippen molar-refractivity contribution in [3.8, 4) is 17.2 Å². The van der Waals surface area contributed by atoms with Gasteiger partial charge in [-0.1, -0.05) is 227 Å². The molecule has 0 aliphatic rings. The van der Waals surface area contributed by atoms with E-state index in [1.165, 1.54) is 140 Å². The maximum atomic E-state index is 12.0. The van der Waals surface area contributed by atoms with Crippen LogP contribution in [0.2, 0.25) is 0 Å². The summed E-state index contributed by atoms with van der Waals surface area (Å²) in [5.74, 6) is 2.28. The minimum atomic E-state index is -0.0299. The van der Waals surface area contributed by atoms with Crippen molar-refractivity contribution in [2.45, 2.75) is 311 Å². The molecule has 0 saturated carbocycles. The summed E-state index contributed by atoms with van der Waals surface area (Å²) in [4.78, 5) is 38.5. The molecule has 1 aromatic rings. The molecule has 0 unspecified atom stereocenters. The average Bonchev–Trinajstić information content (AvgIpc) is 3.41. The van der Waals surface area contributed by atoms with Crippen LogP contribution in [-0.4, -0.2) is 75.5 Å². The number of unbranched alkanes of at least 4 members (excludes halogenated alkanes) is 33. The van der Waals surface area contributed by atoms with E-state index in [0.717, 1.165) is 152 Å². The number of carbonyl (C=O) groups is 3. The van der Waals surface area contributed by atoms with E-state index in [1.54, 1.807) is 0 Å². The van der Waals surface area contributed by atoms with Crippen molar-refractivity contribution in [3.63, 3.8) is 0 Å². The molecule has 0 atom stereocenters. The minimum absolute atomic E-state index is 0.0290. The molecular weight excluding hydrogens is 939 g/mol. The topological polar surface area (TPSA) is 110 Å². The molecule has 0 spiro atoms. The third kappa shape index (κ3) is 44.7. The normalized spacial score (nSPS) is 11.3. The van der Waals surface area contributed by atoms with E-state index in [1.807, 2.05) is 0 Å². The van der Waals surface area contributed by atoms with Crippen molar-refractivity contribution in [2.75, 3.05) is 52.7 Å². The lowest BCUT2D eigenvalue weighted by molar-refractivity contribution is -0.144. The summed E-state index contributed by atoms with van der Waals surface area (Å²) in [5.41, 5.74) is 1.20. The zero-order chi connectivity index (χ0) is 54.3. The fourth-order valence-electron chi connectivity index (χ4n) is 9.51. The van der Waals surface area contributed by atoms with Gasteiger partial charge in [-0.15, -0.1) is 0 Å². The maximum absolute atomic E-state index is 12.0. The van der Waals surface area contributed by atoms with E-state index < -0.39 is 0 Å². The van der Waals surface area contributed by atoms with Crippen LogP contribution in [-0.2, 0) is 35.1 Å². The lowest BCUT2D eigenvalue weighted by atomic mass is 10.1. The van der Waals surface area contributed by atoms with Crippen molar-refractivity contribution in [1.29, 1.82) is 0 Å². The van der Waals surface area contributed by atoms with Crippen LogP contribution in [0, 0.1) is 0 Å². The van der Waals surface area contributed by atoms with Crippen LogP contribution < -0.4 is 14.2 Å². The van der Waals surface area contributed by atoms with E-state index in [-0.39, 0.29) is 17.9 Å². The lowest BCUT2D eigenvalue weighted by Crippen LogP contribution is -2.22. The van der Waals surface area contributed by atoms with E-state index >= 15 is 0 Å². The van der Waals surface area contributed by atoms with Crippen molar-refractivity contribution in [3.05, 3.63) is 17.7 Å². The first kappa shape index (κ1) is 70.0. The Kier molecular flexibility index (Phi) is 50.7. The number of benzene rings is 1. The Hall–Kier alpha value is -3.01. The zero-order valence-corrected chi connectivity index (χ0v) is 49.8. The minimum Gasteiger partial charge on any atom is -0.490 e. The summed E-state index contributed by atoms with van der Waals surface area (Å²) in [6.07, 6.45) is 46.1. The van der Waals surface area contributed by atoms with Crippen LogP contribution in [0.15, 0.2) is 12.1 Å². The van der Waals surface area contributed by atoms with Crippen molar-refractivity contribution in [2.24, 2.45) is 0 Å². The van der Waals surface area contributed by atoms with Crippen molar-refractivity contribution >= 4 is 17.9 Å². The van der Waals surface area contributed by atoms with E-state index in [4.69, 9.17) is 28.4 Å². The number of ether oxygens (including phenoxy) is 6. The predicted molar refractivity (Wildman–Crippen MR) is 313 cm³/mol. The Morgan fingerprint density at radius 1 is 0.320 bits per heavy atom. The largest absolute Gasteiger partial charge is 0.490 e. The summed E-state index contributed by atoms with van der Waals surface area (Å²) in [7, 11) is 0. The summed E-state index contributed by atoms with van der Waals surface area (Å²) >= 11 is 0. The molecule has 1 rings (SSSR count). The summed E-state index contributed by atoms with van der Waals surface area (Å²) in [6, 6.07) is 4.39. The molecule has 0 aliphatic heterocycles. The van der Waals surface area contributed by atoms with Gasteiger partial charge in [-0.3, -0.25) is 19.3 Å². The van der Waals surface area contributed by atoms with E-state index in [2.05, 4.69) is 51.7 Å². The Balaban J connectivity index is 2.63. The predicted octanol–water partition coefficient (Wildman–Crippen LogP) is 18.7. The molecule has 75 heavy (non-hydrogen) atoms. The van der Waals surface area contributed by atoms with Gasteiger partial charge in [0.05, 0.1) is 39.6 Å². The molecule has 0 aliphatic carbocycles. The van der Waals surface area contributed by atoms with Gasteiger partial charge in [0.1, 0.15) is 0 Å². The van der Waals surface area contributed by atoms with Crippen LogP contribution in [0.4, 0.5) is 0 Å². The second-order valence-corrected chi connectivity index (χ2v) is 21.6. The number of rotatable bonds is 58. The highest BCUT2D eigenvalue weighted by atomic mass is 16.5. The Labute approximate surface area is 462 Å². The van der Waals surface area contributed by atoms with Crippen molar-refractivity contribution < 1.29 is 42.8 Å². The number of carbonyl (C=O) groups excluding carboxylic acids is 3. The van der Waals surface area contributed by atoms with Gasteiger partial charge in [-0.2, -0.15) is 0 Å². The molecule has 1 aromatic carbocycles. The van der Waals surface area contributed by atoms with Crippen LogP contribution in [0.5, 0.6) is 17.2 Å². The Morgan fingerprint density at radius 3 is 0.867 bits per heavy atom. The molecule has 0 amide bonds. The average molecular weight is 1060 g/mol. The van der Waals surface area contributed by atoms with Crippen LogP contribution in [0.25, 0.3) is 0 Å². The van der Waals surface area contributed by atoms with E-state index in [0.29, 0.717) is 58.9 Å². The summed E-state index contributed by atoms with van der Waals surface area (Å²) < 4.78 is 36.3. The smallest absolute Gasteiger partial charge is 0.305 e. The standard InChI is InChI=1S/C65H119NO9/c1-6-11-14-29-38-47-62(67)72-52-43-34-25-19-17-23-32-41-50-70-60-56-59(58-66(9-4)10-5)57-61(71-51-42-33-24-18-20-26-35-44-53-73-63(68)48-39-30-15-12-7-2)65(60)75-55-46-37-28-22-21-27-36-45-54-74-64(69)49-40-31-16-13-8-3/h56-57H,6-55,58H2,1-5H3. The summed E-state index contributed by atoms with van der Waals surface area (Å²) in [6.45, 7) is 17.5. The van der Waals surface area contributed by atoms with Gasteiger partial charge in [-0.05, 0) is 88.6 Å². The Morgan fingerprint density at radius 2 is 0.573 bits per heavy atom. The third-order valence-corrected chi connectivity index (χ3v) is 14.5. The number of hydrogen-bond acceptors (Lipinski definition) is 10. The first-order valence-electron chi connectivity index (χ1n) is 32.1. The Bertz CT molecular complexity index is 1360. The molecule has 10 heteroatoms. The molecule has 0 saturated heterocycles. The van der Waals surface area contributed by atoms with E-state index in [9.17, 15) is 14.4 Å². The molecule has 0 fully saturated rings. The third-order valence-electron chi connectivity index (χ3n) is 14.5. The fraction of sp³-hybridized carbons (Fsp3) is 0.862. The highest BCUT2D eigenvalue weighted by Gasteiger charge is 2.18. The first-order chi connectivity index (χ1) is 36.9. The number of nitrogens with zero attached hydrogens (tertiary/aromatic N) is 1. The second kappa shape index (κ2) is 54.3. The molecule has 0 bridgehead atoms. The molecule has 0 N–H and O–H groups in total. The molecule has 0 aromatic heterocycles. The number of esters is 3. The van der Waals surface area contributed by atoms with Crippen LogP contribution in [0.3, 0.4) is 0 Å². The van der Waals surface area contributed by atoms with Gasteiger partial charge in [0.25, 0.3) is 0 Å². The highest BCUT2D eigenvalue weighted by Crippen LogP contribution is 2.40. The molecule has 438 valence electrons. The van der Waals surface area contributed by atoms with Gasteiger partial charge < -0.3 is 28.4 Å². The molecular formula is C65H119NO9. The highest BCUT2D eigenvalue weighted by molar-refractivity contribution is 5.69. The van der Waals surface area contributed by atoms with Gasteiger partial charge in [0.2, 0.25) is 5.75 Å². The van der Waals surface area contributed by atoms with Crippen molar-refractivity contribution in [1.82, 2.24) is 4.90 Å². The SMILES string of the molecule is CCCCCCCC(=O)OCCCCCCCCCCOc1cc(CN(CC)CC)cc(OCCCCCCCCCCOC(=O)CCCCCCC)c1OCCCCCCCCCCOC(=O)CCCCCCC. The zero-order valence-electron chi connectivity index (χ0n) is 49.8. The van der Waals surface area contributed by atoms with Gasteiger partial charge in [-0.25, -0.2) is 0 Å². The first-order valence-corrected chi connectivity index (χ1v) is 32.1. The van der Waals surface area contributed by atoms with Crippen LogP contribution >= 0.6 is 0 Å². The summed E-state index contributed by atoms with van der Waals surface area (Å²) in [5, 5.41) is 0. The van der Waals surface area contributed by atoms with Gasteiger partial charge >= 0.3 is 17.9 Å². The maximum Gasteiger partial charge on any atom is 0.305 e. The monoisotopic (exact) mass is 1060 g/mol. The van der Waals surface area contributed by atoms with Gasteiger partial charge in [0.15, 0.2) is 11.5 Å². The number of hydrogen-bond donors (Lipinski definition) is 0. The molecule has 0 radical (unpaired) electrons. The quantitative estimate of drug-likeness (QED) is 0.0355. The second-order valence-electron chi connectivity index (χ2n) is 21.6. The lowest BCUT2D eigenvalue weighted by Gasteiger charge is -2.22. The van der Waals surface area contributed by atoms with Crippen LogP contribution in [0.1, 0.15) is 310 Å². The molecule has 0 heterocycles. The van der Waals surface area contributed by atoms with Gasteiger partial charge in [0, 0.05) is 25.8 Å². The fourth-order valence-corrected chi connectivity index (χ4v) is 9.51. The molecule has 10 nitrogen and oxygen atoms in total.